The van der Waals surface area contributed by atoms with Crippen LogP contribution in [-0.4, -0.2) is 37.1 Å². The molecule has 1 N–H and O–H groups in total. The monoisotopic (exact) mass is 168 g/mol. The van der Waals surface area contributed by atoms with E-state index in [2.05, 4.69) is 31.1 Å². The van der Waals surface area contributed by atoms with Crippen LogP contribution < -0.4 is 5.32 Å². The third-order valence-electron chi connectivity index (χ3n) is 3.34. The minimum absolute atomic E-state index is 0.584. The summed E-state index contributed by atoms with van der Waals surface area (Å²) in [6.45, 7) is 7.21. The Balaban J connectivity index is 1.75. The molecular formula is C10H20N2. The van der Waals surface area contributed by atoms with Crippen LogP contribution in [0.3, 0.4) is 0 Å². The third-order valence-corrected chi connectivity index (χ3v) is 3.34. The van der Waals surface area contributed by atoms with Gasteiger partial charge in [0.1, 0.15) is 0 Å². The molecule has 0 bridgehead atoms. The highest BCUT2D eigenvalue weighted by Gasteiger charge is 2.46. The lowest BCUT2D eigenvalue weighted by atomic mass is 10.1. The van der Waals surface area contributed by atoms with Gasteiger partial charge in [0.25, 0.3) is 0 Å². The van der Waals surface area contributed by atoms with Gasteiger partial charge in [-0.3, -0.25) is 0 Å². The van der Waals surface area contributed by atoms with E-state index in [0.717, 1.165) is 12.1 Å². The first kappa shape index (κ1) is 8.52. The lowest BCUT2D eigenvalue weighted by Gasteiger charge is -2.13. The van der Waals surface area contributed by atoms with Crippen LogP contribution in [0.5, 0.6) is 0 Å². The van der Waals surface area contributed by atoms with Gasteiger partial charge in [-0.15, -0.1) is 0 Å². The van der Waals surface area contributed by atoms with Crippen LogP contribution in [0.1, 0.15) is 26.7 Å². The Morgan fingerprint density at radius 2 is 2.08 bits per heavy atom. The molecule has 70 valence electrons. The lowest BCUT2D eigenvalue weighted by molar-refractivity contribution is 0.390. The first-order valence-electron chi connectivity index (χ1n) is 5.02. The van der Waals surface area contributed by atoms with E-state index < -0.39 is 0 Å². The minimum atomic E-state index is 0.584. The number of rotatable bonds is 2. The zero-order valence-corrected chi connectivity index (χ0v) is 8.43. The van der Waals surface area contributed by atoms with E-state index in [9.17, 15) is 0 Å². The van der Waals surface area contributed by atoms with Gasteiger partial charge in [-0.2, -0.15) is 0 Å². The minimum Gasteiger partial charge on any atom is -0.309 e. The van der Waals surface area contributed by atoms with Crippen molar-refractivity contribution >= 4 is 0 Å². The summed E-state index contributed by atoms with van der Waals surface area (Å²) in [4.78, 5) is 2.41. The van der Waals surface area contributed by atoms with E-state index in [1.807, 2.05) is 0 Å². The number of hydrogen-bond acceptors (Lipinski definition) is 2. The molecule has 2 nitrogen and oxygen atoms in total. The zero-order chi connectivity index (χ0) is 8.77. The smallest absolute Gasteiger partial charge is 0.0209 e. The summed E-state index contributed by atoms with van der Waals surface area (Å²) in [6.07, 6.45) is 2.70. The molecule has 2 atom stereocenters. The number of likely N-dealkylation sites (N-methyl/N-ethyl adjacent to an activating group) is 1. The molecule has 0 radical (unpaired) electrons. The molecule has 2 fully saturated rings. The summed E-state index contributed by atoms with van der Waals surface area (Å²) in [5.74, 6) is 0. The van der Waals surface area contributed by atoms with Gasteiger partial charge in [0.05, 0.1) is 0 Å². The highest BCUT2D eigenvalue weighted by Crippen LogP contribution is 2.45. The standard InChI is InChI=1S/C10H20N2/c1-10(2)6-9(10)11-8-4-5-12(3)7-8/h8-9,11H,4-7H2,1-3H3/t8-,9?/m1/s1. The Hall–Kier alpha value is -0.0800. The van der Waals surface area contributed by atoms with Crippen LogP contribution in [0.15, 0.2) is 0 Å². The topological polar surface area (TPSA) is 15.3 Å². The summed E-state index contributed by atoms with van der Waals surface area (Å²) < 4.78 is 0. The zero-order valence-electron chi connectivity index (χ0n) is 8.43. The van der Waals surface area contributed by atoms with Crippen molar-refractivity contribution in [3.63, 3.8) is 0 Å². The maximum absolute atomic E-state index is 3.73. The molecule has 1 aliphatic carbocycles. The van der Waals surface area contributed by atoms with E-state index in [0.29, 0.717) is 5.41 Å². The van der Waals surface area contributed by atoms with Gasteiger partial charge in [-0.25, -0.2) is 0 Å². The van der Waals surface area contributed by atoms with Gasteiger partial charge in [-0.05, 0) is 31.8 Å². The summed E-state index contributed by atoms with van der Waals surface area (Å²) in [7, 11) is 2.21. The van der Waals surface area contributed by atoms with Gasteiger partial charge in [0.2, 0.25) is 0 Å². The molecule has 2 rings (SSSR count). The number of hydrogen-bond donors (Lipinski definition) is 1. The van der Waals surface area contributed by atoms with Crippen LogP contribution >= 0.6 is 0 Å². The summed E-state index contributed by atoms with van der Waals surface area (Å²) in [5, 5.41) is 3.73. The Morgan fingerprint density at radius 1 is 1.42 bits per heavy atom. The van der Waals surface area contributed by atoms with Crippen molar-refractivity contribution in [2.45, 2.75) is 38.8 Å². The van der Waals surface area contributed by atoms with Crippen molar-refractivity contribution in [3.05, 3.63) is 0 Å². The number of likely N-dealkylation sites (tertiary alicyclic amines) is 1. The molecule has 0 spiro atoms. The summed E-state index contributed by atoms with van der Waals surface area (Å²) in [5.41, 5.74) is 0.584. The fraction of sp³-hybridized carbons (Fsp3) is 1.00. The predicted molar refractivity (Wildman–Crippen MR) is 51.2 cm³/mol. The Morgan fingerprint density at radius 3 is 2.50 bits per heavy atom. The van der Waals surface area contributed by atoms with Gasteiger partial charge in [0, 0.05) is 18.6 Å². The van der Waals surface area contributed by atoms with Gasteiger partial charge >= 0.3 is 0 Å². The van der Waals surface area contributed by atoms with Crippen molar-refractivity contribution in [2.75, 3.05) is 20.1 Å². The molecular weight excluding hydrogens is 148 g/mol. The maximum atomic E-state index is 3.73. The first-order valence-corrected chi connectivity index (χ1v) is 5.02. The highest BCUT2D eigenvalue weighted by molar-refractivity contribution is 5.03. The van der Waals surface area contributed by atoms with Gasteiger partial charge in [0.15, 0.2) is 0 Å². The lowest BCUT2D eigenvalue weighted by Crippen LogP contribution is -2.34. The van der Waals surface area contributed by atoms with Gasteiger partial charge in [-0.1, -0.05) is 13.8 Å². The van der Waals surface area contributed by atoms with E-state index >= 15 is 0 Å². The van der Waals surface area contributed by atoms with E-state index in [1.54, 1.807) is 0 Å². The average Bonchev–Trinajstić information content (AvgIpc) is 2.41. The Kier molecular flexibility index (Phi) is 1.92. The summed E-state index contributed by atoms with van der Waals surface area (Å²) >= 11 is 0. The van der Waals surface area contributed by atoms with Crippen molar-refractivity contribution in [3.8, 4) is 0 Å². The number of nitrogens with one attached hydrogen (secondary N) is 1. The largest absolute Gasteiger partial charge is 0.309 e. The maximum Gasteiger partial charge on any atom is 0.0209 e. The molecule has 1 unspecified atom stereocenters. The van der Waals surface area contributed by atoms with Crippen LogP contribution in [0.4, 0.5) is 0 Å². The molecule has 1 saturated heterocycles. The van der Waals surface area contributed by atoms with Crippen molar-refractivity contribution in [1.29, 1.82) is 0 Å². The summed E-state index contributed by atoms with van der Waals surface area (Å²) in [6, 6.07) is 1.57. The van der Waals surface area contributed by atoms with Gasteiger partial charge < -0.3 is 10.2 Å². The van der Waals surface area contributed by atoms with E-state index in [1.165, 1.54) is 25.9 Å². The Bertz CT molecular complexity index is 177. The Labute approximate surface area is 75.3 Å². The molecule has 1 aliphatic heterocycles. The average molecular weight is 168 g/mol. The molecule has 2 heteroatoms. The number of nitrogens with zero attached hydrogens (tertiary/aromatic N) is 1. The second-order valence-electron chi connectivity index (χ2n) is 5.16. The highest BCUT2D eigenvalue weighted by atomic mass is 15.2. The third kappa shape index (κ3) is 1.64. The molecule has 0 aromatic heterocycles. The molecule has 1 heterocycles. The fourth-order valence-corrected chi connectivity index (χ4v) is 2.11. The second kappa shape index (κ2) is 2.71. The van der Waals surface area contributed by atoms with Crippen LogP contribution in [0.2, 0.25) is 0 Å². The first-order chi connectivity index (χ1) is 5.58. The molecule has 2 aliphatic rings. The normalized spacial score (nSPS) is 40.2. The van der Waals surface area contributed by atoms with Crippen molar-refractivity contribution < 1.29 is 0 Å². The fourth-order valence-electron chi connectivity index (χ4n) is 2.11. The second-order valence-corrected chi connectivity index (χ2v) is 5.16. The molecule has 1 saturated carbocycles. The predicted octanol–water partition coefficient (Wildman–Crippen LogP) is 1.08. The van der Waals surface area contributed by atoms with Crippen LogP contribution in [0, 0.1) is 5.41 Å². The van der Waals surface area contributed by atoms with Crippen LogP contribution in [0.25, 0.3) is 0 Å². The molecule has 12 heavy (non-hydrogen) atoms. The van der Waals surface area contributed by atoms with E-state index in [-0.39, 0.29) is 0 Å². The molecule has 0 aromatic rings. The van der Waals surface area contributed by atoms with Crippen molar-refractivity contribution in [1.82, 2.24) is 10.2 Å². The van der Waals surface area contributed by atoms with Crippen LogP contribution in [-0.2, 0) is 0 Å². The van der Waals surface area contributed by atoms with E-state index in [4.69, 9.17) is 0 Å². The van der Waals surface area contributed by atoms with Crippen molar-refractivity contribution in [2.24, 2.45) is 5.41 Å². The quantitative estimate of drug-likeness (QED) is 0.663. The SMILES string of the molecule is CN1CC[C@@H](NC2CC2(C)C)C1. The molecule has 0 aromatic carbocycles. The molecule has 0 amide bonds.